The molecule has 2 fully saturated rings. The van der Waals surface area contributed by atoms with Gasteiger partial charge in [-0.1, -0.05) is 18.6 Å². The Labute approximate surface area is 109 Å². The van der Waals surface area contributed by atoms with Crippen molar-refractivity contribution in [2.75, 3.05) is 13.1 Å². The van der Waals surface area contributed by atoms with Crippen LogP contribution in [0.5, 0.6) is 0 Å². The van der Waals surface area contributed by atoms with Gasteiger partial charge in [0.25, 0.3) is 0 Å². The molecule has 18 heavy (non-hydrogen) atoms. The number of hydrogen-bond acceptors (Lipinski definition) is 2. The van der Waals surface area contributed by atoms with Crippen LogP contribution in [0.3, 0.4) is 0 Å². The second-order valence-electron chi connectivity index (χ2n) is 5.90. The van der Waals surface area contributed by atoms with E-state index in [1.165, 1.54) is 44.3 Å². The average molecular weight is 240 g/mol. The predicted molar refractivity (Wildman–Crippen MR) is 71.9 cm³/mol. The lowest BCUT2D eigenvalue weighted by Gasteiger charge is -2.41. The van der Waals surface area contributed by atoms with Gasteiger partial charge in [-0.25, -0.2) is 0 Å². The Morgan fingerprint density at radius 1 is 1.22 bits per heavy atom. The number of hydrogen-bond donors (Lipinski definition) is 0. The minimum atomic E-state index is 0.782. The molecule has 2 nitrogen and oxygen atoms in total. The summed E-state index contributed by atoms with van der Waals surface area (Å²) < 4.78 is 0. The first-order valence-corrected chi connectivity index (χ1v) is 7.05. The van der Waals surface area contributed by atoms with Crippen LogP contribution in [-0.2, 0) is 6.54 Å². The molecule has 3 rings (SSSR count). The highest BCUT2D eigenvalue weighted by Gasteiger charge is 2.30. The summed E-state index contributed by atoms with van der Waals surface area (Å²) in [6.45, 7) is 3.53. The summed E-state index contributed by atoms with van der Waals surface area (Å²) in [5, 5.41) is 8.94. The lowest BCUT2D eigenvalue weighted by Crippen LogP contribution is -2.42. The van der Waals surface area contributed by atoms with Crippen LogP contribution in [0.1, 0.15) is 36.8 Å². The quantitative estimate of drug-likeness (QED) is 0.794. The molecule has 94 valence electrons. The Bertz CT molecular complexity index is 448. The fourth-order valence-electron chi connectivity index (χ4n) is 3.67. The molecule has 2 atom stereocenters. The second-order valence-corrected chi connectivity index (χ2v) is 5.90. The molecule has 1 aliphatic carbocycles. The molecule has 1 saturated carbocycles. The summed E-state index contributed by atoms with van der Waals surface area (Å²) in [5.74, 6) is 1.85. The van der Waals surface area contributed by atoms with Crippen molar-refractivity contribution in [2.45, 2.75) is 32.2 Å². The number of piperidine rings is 1. The minimum Gasteiger partial charge on any atom is -0.299 e. The van der Waals surface area contributed by atoms with Crippen LogP contribution in [0.4, 0.5) is 0 Å². The van der Waals surface area contributed by atoms with Gasteiger partial charge in [0.2, 0.25) is 0 Å². The molecule has 1 aromatic rings. The second kappa shape index (κ2) is 5.12. The maximum absolute atomic E-state index is 8.94. The molecule has 2 aliphatic rings. The largest absolute Gasteiger partial charge is 0.299 e. The van der Waals surface area contributed by atoms with Crippen LogP contribution >= 0.6 is 0 Å². The van der Waals surface area contributed by atoms with Crippen molar-refractivity contribution >= 4 is 0 Å². The third kappa shape index (κ3) is 2.57. The summed E-state index contributed by atoms with van der Waals surface area (Å²) in [5.41, 5.74) is 2.07. The SMILES string of the molecule is N#Cc1cccc(CN2CC3CCCC(C3)C2)c1. The van der Waals surface area contributed by atoms with Crippen molar-refractivity contribution in [1.29, 1.82) is 5.26 Å². The Hall–Kier alpha value is -1.33. The third-order valence-electron chi connectivity index (χ3n) is 4.39. The Kier molecular flexibility index (Phi) is 3.34. The van der Waals surface area contributed by atoms with Crippen molar-refractivity contribution in [3.05, 3.63) is 35.4 Å². The zero-order valence-electron chi connectivity index (χ0n) is 10.8. The van der Waals surface area contributed by atoms with Gasteiger partial charge >= 0.3 is 0 Å². The highest BCUT2D eigenvalue weighted by molar-refractivity contribution is 5.32. The van der Waals surface area contributed by atoms with Crippen molar-refractivity contribution in [3.63, 3.8) is 0 Å². The first-order chi connectivity index (χ1) is 8.83. The predicted octanol–water partition coefficient (Wildman–Crippen LogP) is 3.18. The lowest BCUT2D eigenvalue weighted by atomic mass is 9.78. The van der Waals surface area contributed by atoms with E-state index in [1.54, 1.807) is 0 Å². The van der Waals surface area contributed by atoms with Gasteiger partial charge in [0.05, 0.1) is 11.6 Å². The maximum atomic E-state index is 8.94. The molecular weight excluding hydrogens is 220 g/mol. The van der Waals surface area contributed by atoms with Gasteiger partial charge in [0.1, 0.15) is 0 Å². The van der Waals surface area contributed by atoms with E-state index >= 15 is 0 Å². The van der Waals surface area contributed by atoms with Crippen molar-refractivity contribution < 1.29 is 0 Å². The standard InChI is InChI=1S/C16H20N2/c17-9-13-3-1-4-14(7-13)10-18-11-15-5-2-6-16(8-15)12-18/h1,3-4,7,15-16H,2,5-6,8,10-12H2. The molecule has 0 aromatic heterocycles. The smallest absolute Gasteiger partial charge is 0.0991 e. The number of nitrogens with zero attached hydrogens (tertiary/aromatic N) is 2. The van der Waals surface area contributed by atoms with Crippen LogP contribution < -0.4 is 0 Å². The summed E-state index contributed by atoms with van der Waals surface area (Å²) in [7, 11) is 0. The summed E-state index contributed by atoms with van der Waals surface area (Å²) in [4.78, 5) is 2.59. The fraction of sp³-hybridized carbons (Fsp3) is 0.562. The van der Waals surface area contributed by atoms with E-state index in [4.69, 9.17) is 5.26 Å². The van der Waals surface area contributed by atoms with Crippen LogP contribution in [0.15, 0.2) is 24.3 Å². The Morgan fingerprint density at radius 3 is 2.72 bits per heavy atom. The zero-order chi connectivity index (χ0) is 12.4. The number of rotatable bonds is 2. The van der Waals surface area contributed by atoms with E-state index in [1.807, 2.05) is 18.2 Å². The van der Waals surface area contributed by atoms with Gasteiger partial charge < -0.3 is 0 Å². The van der Waals surface area contributed by atoms with Crippen LogP contribution in [0, 0.1) is 23.2 Å². The van der Waals surface area contributed by atoms with Gasteiger partial charge in [-0.05, 0) is 48.8 Å². The summed E-state index contributed by atoms with van der Waals surface area (Å²) >= 11 is 0. The maximum Gasteiger partial charge on any atom is 0.0991 e. The van der Waals surface area contributed by atoms with Crippen LogP contribution in [0.2, 0.25) is 0 Å². The Morgan fingerprint density at radius 2 is 2.00 bits per heavy atom. The summed E-state index contributed by atoms with van der Waals surface area (Å²) in [6.07, 6.45) is 5.73. The first-order valence-electron chi connectivity index (χ1n) is 7.05. The highest BCUT2D eigenvalue weighted by Crippen LogP contribution is 2.34. The molecule has 0 amide bonds. The summed E-state index contributed by atoms with van der Waals surface area (Å²) in [6, 6.07) is 10.3. The number of likely N-dealkylation sites (tertiary alicyclic amines) is 1. The van der Waals surface area contributed by atoms with E-state index in [9.17, 15) is 0 Å². The molecule has 0 N–H and O–H groups in total. The zero-order valence-corrected chi connectivity index (χ0v) is 10.8. The van der Waals surface area contributed by atoms with Crippen molar-refractivity contribution in [1.82, 2.24) is 4.90 Å². The van der Waals surface area contributed by atoms with Crippen molar-refractivity contribution in [3.8, 4) is 6.07 Å². The molecule has 2 unspecified atom stereocenters. The topological polar surface area (TPSA) is 27.0 Å². The molecule has 2 heteroatoms. The number of benzene rings is 1. The fourth-order valence-corrected chi connectivity index (χ4v) is 3.67. The van der Waals surface area contributed by atoms with E-state index in [0.717, 1.165) is 23.9 Å². The molecule has 0 spiro atoms. The van der Waals surface area contributed by atoms with Crippen LogP contribution in [-0.4, -0.2) is 18.0 Å². The van der Waals surface area contributed by atoms with Gasteiger partial charge in [0, 0.05) is 19.6 Å². The molecule has 1 saturated heterocycles. The third-order valence-corrected chi connectivity index (χ3v) is 4.39. The van der Waals surface area contributed by atoms with E-state index in [-0.39, 0.29) is 0 Å². The van der Waals surface area contributed by atoms with Gasteiger partial charge in [0.15, 0.2) is 0 Å². The monoisotopic (exact) mass is 240 g/mol. The highest BCUT2D eigenvalue weighted by atomic mass is 15.1. The molecule has 0 radical (unpaired) electrons. The first kappa shape index (κ1) is 11.7. The number of fused-ring (bicyclic) bond motifs is 2. The van der Waals surface area contributed by atoms with E-state index in [2.05, 4.69) is 17.0 Å². The number of nitriles is 1. The van der Waals surface area contributed by atoms with E-state index < -0.39 is 0 Å². The minimum absolute atomic E-state index is 0.782. The van der Waals surface area contributed by atoms with Gasteiger partial charge in [-0.3, -0.25) is 4.90 Å². The molecule has 1 aromatic carbocycles. The normalized spacial score (nSPS) is 27.7. The van der Waals surface area contributed by atoms with E-state index in [0.29, 0.717) is 0 Å². The molecule has 1 heterocycles. The molecular formula is C16H20N2. The Balaban J connectivity index is 1.67. The van der Waals surface area contributed by atoms with Crippen molar-refractivity contribution in [2.24, 2.45) is 11.8 Å². The van der Waals surface area contributed by atoms with Gasteiger partial charge in [-0.2, -0.15) is 5.26 Å². The molecule has 2 bridgehead atoms. The lowest BCUT2D eigenvalue weighted by molar-refractivity contribution is 0.0808. The van der Waals surface area contributed by atoms with Gasteiger partial charge in [-0.15, -0.1) is 0 Å². The van der Waals surface area contributed by atoms with Crippen LogP contribution in [0.25, 0.3) is 0 Å². The average Bonchev–Trinajstić information content (AvgIpc) is 2.38. The molecule has 1 aliphatic heterocycles.